The summed E-state index contributed by atoms with van der Waals surface area (Å²) in [5.74, 6) is 0.948. The van der Waals surface area contributed by atoms with Gasteiger partial charge in [-0.25, -0.2) is 0 Å². The standard InChI is InChI=1S/C15H25N5O5S/c1-12-16-15(17-25-12)4-6-20(13(2)21)14-3-5-19(11-14)26(22,23)18-7-9-24-10-8-18/h14H,3-11H2,1-2H3. The van der Waals surface area contributed by atoms with Crippen LogP contribution in [0.1, 0.15) is 25.1 Å². The second-order valence-corrected chi connectivity index (χ2v) is 8.44. The van der Waals surface area contributed by atoms with Gasteiger partial charge in [0, 0.05) is 59.0 Å². The van der Waals surface area contributed by atoms with Gasteiger partial charge in [-0.1, -0.05) is 5.16 Å². The smallest absolute Gasteiger partial charge is 0.282 e. The van der Waals surface area contributed by atoms with Crippen molar-refractivity contribution in [2.75, 3.05) is 45.9 Å². The quantitative estimate of drug-likeness (QED) is 0.642. The Balaban J connectivity index is 1.61. The predicted octanol–water partition coefficient (Wildman–Crippen LogP) is -0.580. The monoisotopic (exact) mass is 387 g/mol. The molecule has 146 valence electrons. The lowest BCUT2D eigenvalue weighted by Gasteiger charge is -2.31. The number of aromatic nitrogens is 2. The fourth-order valence-electron chi connectivity index (χ4n) is 3.38. The molecule has 2 aliphatic heterocycles. The molecule has 3 heterocycles. The molecule has 1 unspecified atom stereocenters. The minimum atomic E-state index is -3.51. The highest BCUT2D eigenvalue weighted by Crippen LogP contribution is 2.22. The Hall–Kier alpha value is -1.56. The molecule has 0 bridgehead atoms. The second-order valence-electron chi connectivity index (χ2n) is 6.51. The van der Waals surface area contributed by atoms with Crippen molar-refractivity contribution in [2.45, 2.75) is 32.7 Å². The van der Waals surface area contributed by atoms with Crippen molar-refractivity contribution in [2.24, 2.45) is 0 Å². The van der Waals surface area contributed by atoms with Gasteiger partial charge in [0.25, 0.3) is 10.2 Å². The maximum atomic E-state index is 12.8. The number of amides is 1. The molecular weight excluding hydrogens is 362 g/mol. The number of carbonyl (C=O) groups excluding carboxylic acids is 1. The van der Waals surface area contributed by atoms with Gasteiger partial charge in [-0.05, 0) is 6.42 Å². The van der Waals surface area contributed by atoms with Crippen molar-refractivity contribution in [3.8, 4) is 0 Å². The highest BCUT2D eigenvalue weighted by atomic mass is 32.2. The lowest BCUT2D eigenvalue weighted by Crippen LogP contribution is -2.49. The van der Waals surface area contributed by atoms with E-state index in [1.54, 1.807) is 11.8 Å². The molecule has 2 saturated heterocycles. The summed E-state index contributed by atoms with van der Waals surface area (Å²) in [5.41, 5.74) is 0. The van der Waals surface area contributed by atoms with E-state index in [9.17, 15) is 13.2 Å². The van der Waals surface area contributed by atoms with Crippen LogP contribution in [-0.4, -0.2) is 90.0 Å². The van der Waals surface area contributed by atoms with Gasteiger partial charge < -0.3 is 14.2 Å². The highest BCUT2D eigenvalue weighted by Gasteiger charge is 2.38. The van der Waals surface area contributed by atoms with E-state index in [1.165, 1.54) is 15.5 Å². The Morgan fingerprint density at radius 3 is 2.62 bits per heavy atom. The summed E-state index contributed by atoms with van der Waals surface area (Å²) < 4.78 is 38.6. The number of rotatable bonds is 6. The number of hydrogen-bond acceptors (Lipinski definition) is 7. The third kappa shape index (κ3) is 4.22. The van der Waals surface area contributed by atoms with Crippen molar-refractivity contribution in [1.82, 2.24) is 23.7 Å². The summed E-state index contributed by atoms with van der Waals surface area (Å²) >= 11 is 0. The molecule has 0 aliphatic carbocycles. The summed E-state index contributed by atoms with van der Waals surface area (Å²) in [5, 5.41) is 3.84. The van der Waals surface area contributed by atoms with Gasteiger partial charge in [0.2, 0.25) is 11.8 Å². The molecule has 0 radical (unpaired) electrons. The van der Waals surface area contributed by atoms with Gasteiger partial charge in [-0.15, -0.1) is 0 Å². The highest BCUT2D eigenvalue weighted by molar-refractivity contribution is 7.86. The zero-order valence-corrected chi connectivity index (χ0v) is 15.9. The third-order valence-corrected chi connectivity index (χ3v) is 6.74. The lowest BCUT2D eigenvalue weighted by atomic mass is 10.2. The summed E-state index contributed by atoms with van der Waals surface area (Å²) in [7, 11) is -3.51. The van der Waals surface area contributed by atoms with Crippen molar-refractivity contribution in [3.05, 3.63) is 11.7 Å². The van der Waals surface area contributed by atoms with Crippen LogP contribution in [0.25, 0.3) is 0 Å². The number of nitrogens with zero attached hydrogens (tertiary/aromatic N) is 5. The normalized spacial score (nSPS) is 22.6. The Labute approximate surface area is 153 Å². The summed E-state index contributed by atoms with van der Waals surface area (Å²) in [6, 6.07) is -0.142. The van der Waals surface area contributed by atoms with Crippen LogP contribution in [0.15, 0.2) is 4.52 Å². The van der Waals surface area contributed by atoms with Crippen molar-refractivity contribution < 1.29 is 22.5 Å². The number of morpholine rings is 1. The van der Waals surface area contributed by atoms with Crippen LogP contribution < -0.4 is 0 Å². The van der Waals surface area contributed by atoms with E-state index in [1.807, 2.05) is 0 Å². The van der Waals surface area contributed by atoms with E-state index >= 15 is 0 Å². The number of hydrogen-bond donors (Lipinski definition) is 0. The van der Waals surface area contributed by atoms with E-state index in [4.69, 9.17) is 9.26 Å². The van der Waals surface area contributed by atoms with E-state index < -0.39 is 10.2 Å². The Morgan fingerprint density at radius 1 is 1.27 bits per heavy atom. The van der Waals surface area contributed by atoms with Crippen LogP contribution in [0.3, 0.4) is 0 Å². The van der Waals surface area contributed by atoms with Crippen LogP contribution in [-0.2, 0) is 26.2 Å². The van der Waals surface area contributed by atoms with Gasteiger partial charge in [-0.3, -0.25) is 4.79 Å². The van der Waals surface area contributed by atoms with Crippen LogP contribution in [0.5, 0.6) is 0 Å². The molecule has 1 aromatic rings. The van der Waals surface area contributed by atoms with E-state index in [0.717, 1.165) is 0 Å². The molecule has 1 aromatic heterocycles. The second kappa shape index (κ2) is 7.99. The zero-order valence-electron chi connectivity index (χ0n) is 15.1. The summed E-state index contributed by atoms with van der Waals surface area (Å²) in [6.45, 7) is 5.95. The van der Waals surface area contributed by atoms with Crippen LogP contribution in [0.4, 0.5) is 0 Å². The molecule has 1 amide bonds. The maximum absolute atomic E-state index is 12.8. The molecule has 0 aromatic carbocycles. The van der Waals surface area contributed by atoms with Crippen molar-refractivity contribution in [3.63, 3.8) is 0 Å². The molecule has 26 heavy (non-hydrogen) atoms. The Bertz CT molecular complexity index is 731. The van der Waals surface area contributed by atoms with Gasteiger partial charge in [-0.2, -0.15) is 22.0 Å². The molecule has 3 rings (SSSR count). The van der Waals surface area contributed by atoms with E-state index in [2.05, 4.69) is 10.1 Å². The fraction of sp³-hybridized carbons (Fsp3) is 0.800. The van der Waals surface area contributed by atoms with Gasteiger partial charge >= 0.3 is 0 Å². The van der Waals surface area contributed by atoms with Crippen LogP contribution in [0, 0.1) is 6.92 Å². The molecule has 0 N–H and O–H groups in total. The topological polar surface area (TPSA) is 109 Å². The van der Waals surface area contributed by atoms with Gasteiger partial charge in [0.15, 0.2) is 5.82 Å². The maximum Gasteiger partial charge on any atom is 0.282 e. The minimum absolute atomic E-state index is 0.0826. The molecule has 0 spiro atoms. The third-order valence-electron chi connectivity index (χ3n) is 4.74. The zero-order chi connectivity index (χ0) is 18.7. The molecule has 0 saturated carbocycles. The molecule has 2 fully saturated rings. The Morgan fingerprint density at radius 2 is 2.00 bits per heavy atom. The van der Waals surface area contributed by atoms with E-state index in [-0.39, 0.29) is 11.9 Å². The summed E-state index contributed by atoms with van der Waals surface area (Å²) in [4.78, 5) is 17.9. The minimum Gasteiger partial charge on any atom is -0.379 e. The number of carbonyl (C=O) groups is 1. The molecule has 11 heteroatoms. The SMILES string of the molecule is CC(=O)N(CCc1noc(C)n1)C1CCN(S(=O)(=O)N2CCOCC2)C1. The first kappa shape index (κ1) is 19.2. The summed E-state index contributed by atoms with van der Waals surface area (Å²) in [6.07, 6.45) is 1.10. The molecule has 2 aliphatic rings. The lowest BCUT2D eigenvalue weighted by molar-refractivity contribution is -0.130. The Kier molecular flexibility index (Phi) is 5.90. The first-order valence-electron chi connectivity index (χ1n) is 8.77. The van der Waals surface area contributed by atoms with Gasteiger partial charge in [0.1, 0.15) is 0 Å². The van der Waals surface area contributed by atoms with E-state index in [0.29, 0.717) is 70.5 Å². The van der Waals surface area contributed by atoms with Crippen LogP contribution >= 0.6 is 0 Å². The molecular formula is C15H25N5O5S. The van der Waals surface area contributed by atoms with Crippen molar-refractivity contribution in [1.29, 1.82) is 0 Å². The first-order valence-corrected chi connectivity index (χ1v) is 10.2. The fourth-order valence-corrected chi connectivity index (χ4v) is 5.01. The predicted molar refractivity (Wildman–Crippen MR) is 91.4 cm³/mol. The number of ether oxygens (including phenoxy) is 1. The molecule has 10 nitrogen and oxygen atoms in total. The average molecular weight is 387 g/mol. The first-order chi connectivity index (χ1) is 12.4. The molecule has 1 atom stereocenters. The van der Waals surface area contributed by atoms with Gasteiger partial charge in [0.05, 0.1) is 13.2 Å². The number of aryl methyl sites for hydroxylation is 1. The largest absolute Gasteiger partial charge is 0.379 e. The van der Waals surface area contributed by atoms with Crippen LogP contribution in [0.2, 0.25) is 0 Å². The van der Waals surface area contributed by atoms with Crippen molar-refractivity contribution >= 4 is 16.1 Å². The average Bonchev–Trinajstić information content (AvgIpc) is 3.25.